The van der Waals surface area contributed by atoms with Gasteiger partial charge in [-0.1, -0.05) is 12.2 Å². The van der Waals surface area contributed by atoms with Crippen molar-refractivity contribution in [3.05, 3.63) is 12.2 Å². The van der Waals surface area contributed by atoms with E-state index in [1.165, 1.54) is 0 Å². The molecule has 76 valence electrons. The van der Waals surface area contributed by atoms with E-state index >= 15 is 0 Å². The molecular weight excluding hydrogens is 168 g/mol. The quantitative estimate of drug-likeness (QED) is 0.576. The number of nitrogens with one attached hydrogen (secondary N) is 1. The minimum atomic E-state index is -0.102. The summed E-state index contributed by atoms with van der Waals surface area (Å²) in [7, 11) is 0. The third kappa shape index (κ3) is 9.04. The number of hydrogen-bond donors (Lipinski definition) is 2. The Hall–Kier alpha value is -0.870. The van der Waals surface area contributed by atoms with Gasteiger partial charge in [0, 0.05) is 13.1 Å². The van der Waals surface area contributed by atoms with Gasteiger partial charge in [0.25, 0.3) is 0 Å². The fourth-order valence-corrected chi connectivity index (χ4v) is 0.646. The van der Waals surface area contributed by atoms with Crippen LogP contribution in [-0.2, 0) is 9.53 Å². The Bertz CT molecular complexity index is 167. The van der Waals surface area contributed by atoms with E-state index in [1.807, 2.05) is 19.9 Å². The van der Waals surface area contributed by atoms with Crippen molar-refractivity contribution >= 4 is 5.91 Å². The molecule has 13 heavy (non-hydrogen) atoms. The summed E-state index contributed by atoms with van der Waals surface area (Å²) in [4.78, 5) is 11.0. The number of hydrogen-bond acceptors (Lipinski definition) is 3. The van der Waals surface area contributed by atoms with Gasteiger partial charge in [-0.25, -0.2) is 0 Å². The molecule has 1 amide bonds. The maximum atomic E-state index is 11.0. The van der Waals surface area contributed by atoms with Crippen molar-refractivity contribution in [3.63, 3.8) is 0 Å². The zero-order valence-corrected chi connectivity index (χ0v) is 8.25. The maximum Gasteiger partial charge on any atom is 0.246 e. The Labute approximate surface area is 79.1 Å². The highest BCUT2D eigenvalue weighted by atomic mass is 16.5. The van der Waals surface area contributed by atoms with E-state index in [2.05, 4.69) is 5.32 Å². The summed E-state index contributed by atoms with van der Waals surface area (Å²) < 4.78 is 5.10. The van der Waals surface area contributed by atoms with Crippen LogP contribution in [0.25, 0.3) is 0 Å². The first-order valence-corrected chi connectivity index (χ1v) is 4.40. The van der Waals surface area contributed by atoms with Gasteiger partial charge in [-0.05, 0) is 13.8 Å². The molecule has 0 aromatic rings. The van der Waals surface area contributed by atoms with Gasteiger partial charge >= 0.3 is 0 Å². The summed E-state index contributed by atoms with van der Waals surface area (Å²) in [5.41, 5.74) is 5.22. The molecule has 0 unspecified atom stereocenters. The Balaban J connectivity index is 3.35. The van der Waals surface area contributed by atoms with E-state index in [0.29, 0.717) is 13.1 Å². The standard InChI is InChI=1S/C9H18N2O2/c1-8(2)13-7-9(12)11-6-4-3-5-10/h3-4,8H,5-7,10H2,1-2H3,(H,11,12)/b4-3+. The van der Waals surface area contributed by atoms with Gasteiger partial charge in [-0.15, -0.1) is 0 Å². The summed E-state index contributed by atoms with van der Waals surface area (Å²) in [6.45, 7) is 4.91. The van der Waals surface area contributed by atoms with Crippen LogP contribution in [0.15, 0.2) is 12.2 Å². The predicted molar refractivity (Wildman–Crippen MR) is 52.3 cm³/mol. The zero-order valence-electron chi connectivity index (χ0n) is 8.25. The average Bonchev–Trinajstić information content (AvgIpc) is 2.09. The number of amides is 1. The fraction of sp³-hybridized carbons (Fsp3) is 0.667. The van der Waals surface area contributed by atoms with Gasteiger partial charge in [0.15, 0.2) is 0 Å². The predicted octanol–water partition coefficient (Wildman–Crippen LogP) is 0.0425. The van der Waals surface area contributed by atoms with Crippen LogP contribution < -0.4 is 11.1 Å². The number of carbonyl (C=O) groups is 1. The van der Waals surface area contributed by atoms with Crippen LogP contribution >= 0.6 is 0 Å². The Kier molecular flexibility index (Phi) is 7.24. The highest BCUT2D eigenvalue weighted by molar-refractivity contribution is 5.77. The van der Waals surface area contributed by atoms with Crippen LogP contribution in [0.1, 0.15) is 13.8 Å². The van der Waals surface area contributed by atoms with Gasteiger partial charge in [0.2, 0.25) is 5.91 Å². The van der Waals surface area contributed by atoms with Crippen molar-refractivity contribution in [2.45, 2.75) is 20.0 Å². The molecular formula is C9H18N2O2. The molecule has 3 N–H and O–H groups in total. The topological polar surface area (TPSA) is 64.3 Å². The molecule has 4 heteroatoms. The third-order valence-corrected chi connectivity index (χ3v) is 1.27. The monoisotopic (exact) mass is 186 g/mol. The lowest BCUT2D eigenvalue weighted by molar-refractivity contribution is -0.126. The number of ether oxygens (including phenoxy) is 1. The smallest absolute Gasteiger partial charge is 0.246 e. The van der Waals surface area contributed by atoms with Crippen molar-refractivity contribution < 1.29 is 9.53 Å². The van der Waals surface area contributed by atoms with Crippen LogP contribution in [-0.4, -0.2) is 31.7 Å². The van der Waals surface area contributed by atoms with E-state index in [9.17, 15) is 4.79 Å². The third-order valence-electron chi connectivity index (χ3n) is 1.27. The molecule has 0 fully saturated rings. The summed E-state index contributed by atoms with van der Waals surface area (Å²) in [5.74, 6) is -0.102. The van der Waals surface area contributed by atoms with E-state index in [4.69, 9.17) is 10.5 Å². The van der Waals surface area contributed by atoms with Crippen LogP contribution in [0.2, 0.25) is 0 Å². The highest BCUT2D eigenvalue weighted by Crippen LogP contribution is 1.85. The van der Waals surface area contributed by atoms with Crippen LogP contribution in [0.4, 0.5) is 0 Å². The summed E-state index contributed by atoms with van der Waals surface area (Å²) in [6, 6.07) is 0. The van der Waals surface area contributed by atoms with E-state index in [1.54, 1.807) is 6.08 Å². The molecule has 0 heterocycles. The lowest BCUT2D eigenvalue weighted by Gasteiger charge is -2.06. The lowest BCUT2D eigenvalue weighted by atomic mass is 10.4. The molecule has 0 saturated heterocycles. The van der Waals surface area contributed by atoms with Crippen molar-refractivity contribution in [3.8, 4) is 0 Å². The number of nitrogens with two attached hydrogens (primary N) is 1. The summed E-state index contributed by atoms with van der Waals surface area (Å²) in [5, 5.41) is 2.67. The van der Waals surface area contributed by atoms with E-state index < -0.39 is 0 Å². The molecule has 0 bridgehead atoms. The molecule has 0 saturated carbocycles. The second-order valence-electron chi connectivity index (χ2n) is 2.87. The second-order valence-corrected chi connectivity index (χ2v) is 2.87. The van der Waals surface area contributed by atoms with Gasteiger partial charge in [0.05, 0.1) is 6.10 Å². The lowest BCUT2D eigenvalue weighted by Crippen LogP contribution is -2.28. The van der Waals surface area contributed by atoms with Crippen LogP contribution in [0.5, 0.6) is 0 Å². The minimum Gasteiger partial charge on any atom is -0.369 e. The second kappa shape index (κ2) is 7.76. The normalized spacial score (nSPS) is 11.1. The highest BCUT2D eigenvalue weighted by Gasteiger charge is 2.00. The Morgan fingerprint density at radius 2 is 2.23 bits per heavy atom. The number of carbonyl (C=O) groups excluding carboxylic acids is 1. The number of rotatable bonds is 6. The largest absolute Gasteiger partial charge is 0.369 e. The van der Waals surface area contributed by atoms with Gasteiger partial charge in [0.1, 0.15) is 6.61 Å². The van der Waals surface area contributed by atoms with Crippen LogP contribution in [0.3, 0.4) is 0 Å². The molecule has 0 rings (SSSR count). The van der Waals surface area contributed by atoms with Gasteiger partial charge in [-0.2, -0.15) is 0 Å². The average molecular weight is 186 g/mol. The van der Waals surface area contributed by atoms with Gasteiger partial charge in [-0.3, -0.25) is 4.79 Å². The summed E-state index contributed by atoms with van der Waals surface area (Å²) >= 11 is 0. The van der Waals surface area contributed by atoms with E-state index in [0.717, 1.165) is 0 Å². The SMILES string of the molecule is CC(C)OCC(=O)NC/C=C/CN. The zero-order chi connectivity index (χ0) is 10.1. The van der Waals surface area contributed by atoms with Crippen molar-refractivity contribution in [1.82, 2.24) is 5.32 Å². The molecule has 0 aromatic carbocycles. The first-order valence-electron chi connectivity index (χ1n) is 4.40. The van der Waals surface area contributed by atoms with Crippen molar-refractivity contribution in [2.75, 3.05) is 19.7 Å². The van der Waals surface area contributed by atoms with Crippen molar-refractivity contribution in [2.24, 2.45) is 5.73 Å². The van der Waals surface area contributed by atoms with Crippen molar-refractivity contribution in [1.29, 1.82) is 0 Å². The van der Waals surface area contributed by atoms with E-state index in [-0.39, 0.29) is 18.6 Å². The molecule has 4 nitrogen and oxygen atoms in total. The first kappa shape index (κ1) is 12.1. The fourth-order valence-electron chi connectivity index (χ4n) is 0.646. The van der Waals surface area contributed by atoms with Gasteiger partial charge < -0.3 is 15.8 Å². The molecule has 0 spiro atoms. The maximum absolute atomic E-state index is 11.0. The Morgan fingerprint density at radius 3 is 2.77 bits per heavy atom. The first-order chi connectivity index (χ1) is 6.16. The minimum absolute atomic E-state index is 0.0883. The molecule has 0 aromatic heterocycles. The summed E-state index contributed by atoms with van der Waals surface area (Å²) in [6.07, 6.45) is 3.70. The molecule has 0 aliphatic heterocycles. The molecule has 0 aliphatic rings. The molecule has 0 atom stereocenters. The molecule has 0 radical (unpaired) electrons. The van der Waals surface area contributed by atoms with Crippen LogP contribution in [0, 0.1) is 0 Å². The molecule has 0 aliphatic carbocycles. The Morgan fingerprint density at radius 1 is 1.54 bits per heavy atom.